The van der Waals surface area contributed by atoms with Crippen LogP contribution in [0.4, 0.5) is 0 Å². The summed E-state index contributed by atoms with van der Waals surface area (Å²) in [7, 11) is 0. The van der Waals surface area contributed by atoms with E-state index >= 15 is 0 Å². The van der Waals surface area contributed by atoms with Gasteiger partial charge in [0.15, 0.2) is 0 Å². The van der Waals surface area contributed by atoms with E-state index in [4.69, 9.17) is 11.1 Å². The molecule has 0 radical (unpaired) electrons. The lowest BCUT2D eigenvalue weighted by Gasteiger charge is -2.08. The van der Waals surface area contributed by atoms with Gasteiger partial charge < -0.3 is 11.1 Å². The fourth-order valence-corrected chi connectivity index (χ4v) is 0.736. The highest BCUT2D eigenvalue weighted by Crippen LogP contribution is 2.05. The van der Waals surface area contributed by atoms with Crippen molar-refractivity contribution < 1.29 is 0 Å². The van der Waals surface area contributed by atoms with Crippen LogP contribution in [0.3, 0.4) is 0 Å². The van der Waals surface area contributed by atoms with E-state index in [0.717, 1.165) is 17.6 Å². The smallest absolute Gasteiger partial charge is 0.0833 e. The van der Waals surface area contributed by atoms with Crippen molar-refractivity contribution in [2.24, 2.45) is 10.7 Å². The van der Waals surface area contributed by atoms with Crippen LogP contribution < -0.4 is 11.1 Å². The highest BCUT2D eigenvalue weighted by Gasteiger charge is 2.00. The van der Waals surface area contributed by atoms with E-state index in [9.17, 15) is 0 Å². The number of nitrogens with two attached hydrogens (primary N) is 1. The molecular weight excluding hydrogens is 164 g/mol. The Bertz CT molecular complexity index is 250. The number of rotatable bonds is 5. The van der Waals surface area contributed by atoms with Gasteiger partial charge in [-0.15, -0.1) is 0 Å². The summed E-state index contributed by atoms with van der Waals surface area (Å²) in [6.07, 6.45) is 2.81. The molecule has 0 heterocycles. The molecule has 4 heteroatoms. The normalized spacial score (nSPS) is 12.5. The summed E-state index contributed by atoms with van der Waals surface area (Å²) in [5.74, 6) is 0. The standard InChI is InChI=1S/C9H16N4/c1-4-12-5-9(13-6-10)7(2)8(3)11/h4,6H,3,5,11H2,1-2H3,(H2,10,13)/b9-7+,12-4-. The third kappa shape index (κ3) is 4.10. The maximum atomic E-state index is 6.91. The van der Waals surface area contributed by atoms with Gasteiger partial charge in [0.25, 0.3) is 0 Å². The van der Waals surface area contributed by atoms with Crippen LogP contribution in [0.5, 0.6) is 0 Å². The molecule has 0 saturated carbocycles. The van der Waals surface area contributed by atoms with Crippen LogP contribution >= 0.6 is 0 Å². The Morgan fingerprint density at radius 2 is 2.31 bits per heavy atom. The number of hydrogen-bond donors (Lipinski definition) is 3. The highest BCUT2D eigenvalue weighted by molar-refractivity contribution is 5.57. The predicted octanol–water partition coefficient (Wildman–Crippen LogP) is 1.02. The molecule has 0 aromatic rings. The molecule has 0 amide bonds. The maximum Gasteiger partial charge on any atom is 0.0833 e. The van der Waals surface area contributed by atoms with Crippen LogP contribution in [-0.4, -0.2) is 19.1 Å². The van der Waals surface area contributed by atoms with Crippen molar-refractivity contribution in [3.05, 3.63) is 23.5 Å². The average Bonchev–Trinajstić information content (AvgIpc) is 2.11. The second-order valence-electron chi connectivity index (χ2n) is 2.52. The second kappa shape index (κ2) is 5.99. The zero-order valence-electron chi connectivity index (χ0n) is 8.09. The van der Waals surface area contributed by atoms with E-state index in [1.807, 2.05) is 13.8 Å². The first-order valence-corrected chi connectivity index (χ1v) is 3.97. The van der Waals surface area contributed by atoms with Crippen LogP contribution in [0.25, 0.3) is 0 Å². The average molecular weight is 180 g/mol. The van der Waals surface area contributed by atoms with Crippen molar-refractivity contribution in [2.75, 3.05) is 6.54 Å². The zero-order valence-corrected chi connectivity index (χ0v) is 8.09. The topological polar surface area (TPSA) is 74.3 Å². The summed E-state index contributed by atoms with van der Waals surface area (Å²) in [5.41, 5.74) is 7.66. The lowest BCUT2D eigenvalue weighted by Crippen LogP contribution is -2.16. The molecule has 13 heavy (non-hydrogen) atoms. The molecule has 0 spiro atoms. The van der Waals surface area contributed by atoms with E-state index in [2.05, 4.69) is 16.9 Å². The first-order chi connectivity index (χ1) is 6.13. The Morgan fingerprint density at radius 1 is 1.69 bits per heavy atom. The molecule has 0 atom stereocenters. The predicted molar refractivity (Wildman–Crippen MR) is 57.0 cm³/mol. The largest absolute Gasteiger partial charge is 0.399 e. The van der Waals surface area contributed by atoms with Gasteiger partial charge in [-0.2, -0.15) is 0 Å². The Labute approximate surface area is 78.8 Å². The van der Waals surface area contributed by atoms with Gasteiger partial charge in [0, 0.05) is 11.4 Å². The Balaban J connectivity index is 4.64. The highest BCUT2D eigenvalue weighted by atomic mass is 14.9. The molecule has 72 valence electrons. The van der Waals surface area contributed by atoms with Crippen LogP contribution in [0.15, 0.2) is 28.5 Å². The van der Waals surface area contributed by atoms with E-state index in [1.54, 1.807) is 6.21 Å². The summed E-state index contributed by atoms with van der Waals surface area (Å²) >= 11 is 0. The minimum atomic E-state index is 0.494. The van der Waals surface area contributed by atoms with Gasteiger partial charge in [-0.05, 0) is 25.6 Å². The summed E-state index contributed by atoms with van der Waals surface area (Å²) in [6.45, 7) is 7.80. The second-order valence-corrected chi connectivity index (χ2v) is 2.52. The van der Waals surface area contributed by atoms with E-state index < -0.39 is 0 Å². The Kier molecular flexibility index (Phi) is 5.27. The minimum Gasteiger partial charge on any atom is -0.399 e. The van der Waals surface area contributed by atoms with Gasteiger partial charge in [-0.25, -0.2) is 0 Å². The molecule has 0 saturated heterocycles. The van der Waals surface area contributed by atoms with Crippen LogP contribution in [0.2, 0.25) is 0 Å². The van der Waals surface area contributed by atoms with Gasteiger partial charge in [-0.1, -0.05) is 6.58 Å². The fraction of sp³-hybridized carbons (Fsp3) is 0.333. The van der Waals surface area contributed by atoms with E-state index in [0.29, 0.717) is 12.2 Å². The Hall–Kier alpha value is -1.58. The first-order valence-electron chi connectivity index (χ1n) is 3.97. The lowest BCUT2D eigenvalue weighted by molar-refractivity contribution is 0.985. The third-order valence-corrected chi connectivity index (χ3v) is 1.61. The van der Waals surface area contributed by atoms with Crippen molar-refractivity contribution in [1.29, 1.82) is 5.41 Å². The molecule has 0 aliphatic heterocycles. The third-order valence-electron chi connectivity index (χ3n) is 1.61. The lowest BCUT2D eigenvalue weighted by atomic mass is 10.2. The SMILES string of the molecule is C=C(N)/C(C)=C(\C/N=C\C)NC=N. The van der Waals surface area contributed by atoms with Crippen molar-refractivity contribution in [1.82, 2.24) is 5.32 Å². The van der Waals surface area contributed by atoms with E-state index in [1.165, 1.54) is 0 Å². The molecule has 0 bridgehead atoms. The van der Waals surface area contributed by atoms with Crippen LogP contribution in [0, 0.1) is 5.41 Å². The maximum absolute atomic E-state index is 6.91. The number of allylic oxidation sites excluding steroid dienone is 1. The van der Waals surface area contributed by atoms with Crippen molar-refractivity contribution in [3.8, 4) is 0 Å². The monoisotopic (exact) mass is 180 g/mol. The van der Waals surface area contributed by atoms with Crippen molar-refractivity contribution >= 4 is 12.6 Å². The zero-order chi connectivity index (χ0) is 10.3. The molecule has 4 nitrogen and oxygen atoms in total. The quantitative estimate of drug-likeness (QED) is 0.336. The Morgan fingerprint density at radius 3 is 2.69 bits per heavy atom. The molecule has 0 aliphatic carbocycles. The van der Waals surface area contributed by atoms with Crippen molar-refractivity contribution in [2.45, 2.75) is 13.8 Å². The number of aliphatic imine (C=N–C) groups is 1. The van der Waals surface area contributed by atoms with Gasteiger partial charge in [0.1, 0.15) is 0 Å². The molecule has 0 fully saturated rings. The number of nitrogens with one attached hydrogen (secondary N) is 2. The molecule has 0 aromatic heterocycles. The summed E-state index contributed by atoms with van der Waals surface area (Å²) < 4.78 is 0. The van der Waals surface area contributed by atoms with Gasteiger partial charge in [0.05, 0.1) is 12.9 Å². The number of hydrogen-bond acceptors (Lipinski definition) is 3. The van der Waals surface area contributed by atoms with E-state index in [-0.39, 0.29) is 0 Å². The molecule has 0 aromatic carbocycles. The van der Waals surface area contributed by atoms with Crippen molar-refractivity contribution in [3.63, 3.8) is 0 Å². The fourth-order valence-electron chi connectivity index (χ4n) is 0.736. The molecular formula is C9H16N4. The first kappa shape index (κ1) is 11.4. The molecule has 0 unspecified atom stereocenters. The molecule has 4 N–H and O–H groups in total. The van der Waals surface area contributed by atoms with Crippen LogP contribution in [-0.2, 0) is 0 Å². The summed E-state index contributed by atoms with van der Waals surface area (Å²) in [6, 6.07) is 0. The summed E-state index contributed by atoms with van der Waals surface area (Å²) in [5, 5.41) is 9.68. The number of nitrogens with zero attached hydrogens (tertiary/aromatic N) is 1. The van der Waals surface area contributed by atoms with Gasteiger partial charge in [-0.3, -0.25) is 10.4 Å². The minimum absolute atomic E-state index is 0.494. The molecule has 0 aliphatic rings. The van der Waals surface area contributed by atoms with Gasteiger partial charge >= 0.3 is 0 Å². The summed E-state index contributed by atoms with van der Waals surface area (Å²) in [4.78, 5) is 4.05. The molecule has 0 rings (SSSR count). The van der Waals surface area contributed by atoms with Crippen LogP contribution in [0.1, 0.15) is 13.8 Å². The van der Waals surface area contributed by atoms with Gasteiger partial charge in [0.2, 0.25) is 0 Å².